The summed E-state index contributed by atoms with van der Waals surface area (Å²) in [5.41, 5.74) is 0. The molecule has 0 aromatic heterocycles. The van der Waals surface area contributed by atoms with E-state index < -0.39 is 10.0 Å². The average molecular weight is 344 g/mol. The molecule has 3 aliphatic rings. The summed E-state index contributed by atoms with van der Waals surface area (Å²) in [4.78, 5) is 13.9. The first kappa shape index (κ1) is 17.2. The molecule has 2 saturated carbocycles. The fraction of sp³-hybridized carbons (Fsp3) is 0.938. The van der Waals surface area contributed by atoms with Gasteiger partial charge in [-0.2, -0.15) is 4.31 Å². The van der Waals surface area contributed by atoms with Crippen molar-refractivity contribution in [1.29, 1.82) is 0 Å². The number of hydrogen-bond donors (Lipinski definition) is 0. The second kappa shape index (κ2) is 7.07. The summed E-state index contributed by atoms with van der Waals surface area (Å²) in [6.45, 7) is 2.13. The maximum Gasteiger partial charge on any atom is 0.238 e. The molecule has 1 saturated heterocycles. The number of nitrogens with zero attached hydrogens (tertiary/aromatic N) is 2. The summed E-state index contributed by atoms with van der Waals surface area (Å²) in [6, 6.07) is 0. The summed E-state index contributed by atoms with van der Waals surface area (Å²) < 4.78 is 31.6. The highest BCUT2D eigenvalue weighted by Gasteiger charge is 2.44. The van der Waals surface area contributed by atoms with E-state index in [-0.39, 0.29) is 18.2 Å². The SMILES string of the molecule is CN(CC(=O)N1CCOCC1)S(=O)(=O)C[C@@H]1C[C@@H]2CCCC[C@@H]21. The number of amides is 1. The van der Waals surface area contributed by atoms with Crippen molar-refractivity contribution in [2.75, 3.05) is 45.6 Å². The van der Waals surface area contributed by atoms with Crippen LogP contribution >= 0.6 is 0 Å². The van der Waals surface area contributed by atoms with E-state index in [2.05, 4.69) is 0 Å². The molecule has 3 atom stereocenters. The van der Waals surface area contributed by atoms with Gasteiger partial charge in [0, 0.05) is 20.1 Å². The Morgan fingerprint density at radius 1 is 1.22 bits per heavy atom. The van der Waals surface area contributed by atoms with Gasteiger partial charge < -0.3 is 9.64 Å². The lowest BCUT2D eigenvalue weighted by Gasteiger charge is -2.48. The molecule has 0 unspecified atom stereocenters. The Labute approximate surface area is 139 Å². The quantitative estimate of drug-likeness (QED) is 0.744. The first-order valence-electron chi connectivity index (χ1n) is 8.77. The van der Waals surface area contributed by atoms with E-state index in [4.69, 9.17) is 4.74 Å². The zero-order valence-electron chi connectivity index (χ0n) is 13.9. The van der Waals surface area contributed by atoms with Crippen LogP contribution in [0.3, 0.4) is 0 Å². The predicted molar refractivity (Wildman–Crippen MR) is 87.4 cm³/mol. The summed E-state index contributed by atoms with van der Waals surface area (Å²) in [5, 5.41) is 0. The minimum atomic E-state index is -3.35. The van der Waals surface area contributed by atoms with Crippen LogP contribution in [0.25, 0.3) is 0 Å². The van der Waals surface area contributed by atoms with Crippen molar-refractivity contribution in [3.63, 3.8) is 0 Å². The molecule has 1 heterocycles. The Balaban J connectivity index is 1.51. The number of likely N-dealkylation sites (N-methyl/N-ethyl adjacent to an activating group) is 1. The van der Waals surface area contributed by atoms with Crippen molar-refractivity contribution < 1.29 is 17.9 Å². The molecular weight excluding hydrogens is 316 g/mol. The summed E-state index contributed by atoms with van der Waals surface area (Å²) >= 11 is 0. The first-order valence-corrected chi connectivity index (χ1v) is 10.4. The minimum absolute atomic E-state index is 0.0524. The Bertz CT molecular complexity index is 530. The number of fused-ring (bicyclic) bond motifs is 1. The Morgan fingerprint density at radius 3 is 2.61 bits per heavy atom. The molecule has 1 amide bonds. The molecule has 7 heteroatoms. The highest BCUT2D eigenvalue weighted by molar-refractivity contribution is 7.89. The normalized spacial score (nSPS) is 31.6. The Hall–Kier alpha value is -0.660. The molecule has 0 aromatic rings. The van der Waals surface area contributed by atoms with Gasteiger partial charge >= 0.3 is 0 Å². The molecule has 1 aliphatic heterocycles. The molecule has 2 aliphatic carbocycles. The van der Waals surface area contributed by atoms with Gasteiger partial charge in [-0.05, 0) is 30.6 Å². The standard InChI is InChI=1S/C16H28N2O4S/c1-17(11-16(19)18-6-8-22-9-7-18)23(20,21)12-14-10-13-4-2-3-5-15(13)14/h13-15H,2-12H2,1H3/t13-,14-,15-/m0/s1. The molecule has 3 fully saturated rings. The Kier molecular flexibility index (Phi) is 5.28. The van der Waals surface area contributed by atoms with Crippen molar-refractivity contribution in [1.82, 2.24) is 9.21 Å². The lowest BCUT2D eigenvalue weighted by Crippen LogP contribution is -2.48. The fourth-order valence-electron chi connectivity index (χ4n) is 4.31. The summed E-state index contributed by atoms with van der Waals surface area (Å²) in [7, 11) is -1.82. The van der Waals surface area contributed by atoms with Gasteiger partial charge in [0.05, 0.1) is 25.5 Å². The third-order valence-corrected chi connectivity index (χ3v) is 7.73. The van der Waals surface area contributed by atoms with E-state index in [1.165, 1.54) is 37.0 Å². The van der Waals surface area contributed by atoms with Gasteiger partial charge in [0.1, 0.15) is 0 Å². The number of hydrogen-bond acceptors (Lipinski definition) is 4. The van der Waals surface area contributed by atoms with Gasteiger partial charge in [-0.3, -0.25) is 4.79 Å². The van der Waals surface area contributed by atoms with Crippen LogP contribution in [-0.2, 0) is 19.6 Å². The van der Waals surface area contributed by atoms with Crippen LogP contribution in [0.2, 0.25) is 0 Å². The van der Waals surface area contributed by atoms with Crippen molar-refractivity contribution >= 4 is 15.9 Å². The van der Waals surface area contributed by atoms with Gasteiger partial charge in [-0.1, -0.05) is 19.3 Å². The maximum absolute atomic E-state index is 12.6. The zero-order chi connectivity index (χ0) is 16.4. The topological polar surface area (TPSA) is 66.9 Å². The zero-order valence-corrected chi connectivity index (χ0v) is 14.8. The number of morpholine rings is 1. The molecule has 0 N–H and O–H groups in total. The van der Waals surface area contributed by atoms with Gasteiger partial charge in [0.25, 0.3) is 0 Å². The minimum Gasteiger partial charge on any atom is -0.378 e. The monoisotopic (exact) mass is 344 g/mol. The van der Waals surface area contributed by atoms with Crippen LogP contribution in [0, 0.1) is 17.8 Å². The molecule has 0 radical (unpaired) electrons. The molecule has 6 nitrogen and oxygen atoms in total. The molecule has 3 rings (SSSR count). The molecule has 0 aromatic carbocycles. The lowest BCUT2D eigenvalue weighted by molar-refractivity contribution is -0.135. The van der Waals surface area contributed by atoms with Crippen LogP contribution in [0.5, 0.6) is 0 Å². The van der Waals surface area contributed by atoms with Crippen LogP contribution in [-0.4, -0.2) is 69.2 Å². The highest BCUT2D eigenvalue weighted by atomic mass is 32.2. The van der Waals surface area contributed by atoms with Crippen molar-refractivity contribution in [3.05, 3.63) is 0 Å². The van der Waals surface area contributed by atoms with Crippen molar-refractivity contribution in [3.8, 4) is 0 Å². The molecule has 132 valence electrons. The number of sulfonamides is 1. The van der Waals surface area contributed by atoms with Crippen molar-refractivity contribution in [2.45, 2.75) is 32.1 Å². The van der Waals surface area contributed by atoms with Crippen LogP contribution < -0.4 is 0 Å². The van der Waals surface area contributed by atoms with Crippen molar-refractivity contribution in [2.24, 2.45) is 17.8 Å². The lowest BCUT2D eigenvalue weighted by atomic mass is 9.59. The first-order chi connectivity index (χ1) is 11.0. The molecule has 23 heavy (non-hydrogen) atoms. The van der Waals surface area contributed by atoms with E-state index >= 15 is 0 Å². The summed E-state index contributed by atoms with van der Waals surface area (Å²) in [5.74, 6) is 1.74. The fourth-order valence-corrected chi connectivity index (χ4v) is 5.79. The van der Waals surface area contributed by atoms with Crippen LogP contribution in [0.15, 0.2) is 0 Å². The van der Waals surface area contributed by atoms with Gasteiger partial charge in [0.15, 0.2) is 0 Å². The van der Waals surface area contributed by atoms with Gasteiger partial charge in [-0.15, -0.1) is 0 Å². The van der Waals surface area contributed by atoms with Gasteiger partial charge in [-0.25, -0.2) is 8.42 Å². The van der Waals surface area contributed by atoms with E-state index in [1.807, 2.05) is 0 Å². The third-order valence-electron chi connectivity index (χ3n) is 5.80. The molecule has 0 spiro atoms. The molecule has 0 bridgehead atoms. The maximum atomic E-state index is 12.6. The second-order valence-corrected chi connectivity index (χ2v) is 9.35. The number of carbonyl (C=O) groups is 1. The highest BCUT2D eigenvalue weighted by Crippen LogP contribution is 2.49. The van der Waals surface area contributed by atoms with Gasteiger partial charge in [0.2, 0.25) is 15.9 Å². The third kappa shape index (κ3) is 3.88. The summed E-state index contributed by atoms with van der Waals surface area (Å²) in [6.07, 6.45) is 6.04. The predicted octanol–water partition coefficient (Wildman–Crippen LogP) is 0.933. The average Bonchev–Trinajstić information content (AvgIpc) is 2.53. The number of rotatable bonds is 5. The molecular formula is C16H28N2O4S. The van der Waals surface area contributed by atoms with E-state index in [1.54, 1.807) is 4.90 Å². The van der Waals surface area contributed by atoms with E-state index in [0.29, 0.717) is 38.1 Å². The number of ether oxygens (including phenoxy) is 1. The van der Waals surface area contributed by atoms with Crippen LogP contribution in [0.1, 0.15) is 32.1 Å². The second-order valence-electron chi connectivity index (χ2n) is 7.23. The Morgan fingerprint density at radius 2 is 1.91 bits per heavy atom. The van der Waals surface area contributed by atoms with Crippen LogP contribution in [0.4, 0.5) is 0 Å². The van der Waals surface area contributed by atoms with E-state index in [9.17, 15) is 13.2 Å². The van der Waals surface area contributed by atoms with E-state index in [0.717, 1.165) is 12.3 Å². The smallest absolute Gasteiger partial charge is 0.238 e. The largest absolute Gasteiger partial charge is 0.378 e. The number of carbonyl (C=O) groups excluding carboxylic acids is 1.